The van der Waals surface area contributed by atoms with Crippen LogP contribution >= 0.6 is 0 Å². The third-order valence-corrected chi connectivity index (χ3v) is 5.85. The second kappa shape index (κ2) is 6.07. The molecule has 4 rings (SSSR count). The molecule has 3 aliphatic rings. The number of carbonyl (C=O) groups is 2. The number of carbonyl (C=O) groups excluding carboxylic acids is 1. The van der Waals surface area contributed by atoms with Crippen LogP contribution in [0.2, 0.25) is 0 Å². The summed E-state index contributed by atoms with van der Waals surface area (Å²) in [6.45, 7) is 0.364. The molecule has 2 bridgehead atoms. The van der Waals surface area contributed by atoms with E-state index in [1.807, 2.05) is 29.1 Å². The molecule has 2 N–H and O–H groups in total. The molecule has 4 unspecified atom stereocenters. The highest BCUT2D eigenvalue weighted by Crippen LogP contribution is 2.48. The third-order valence-electron chi connectivity index (χ3n) is 5.85. The average molecular weight is 329 g/mol. The van der Waals surface area contributed by atoms with Crippen LogP contribution in [-0.2, 0) is 16.1 Å². The summed E-state index contributed by atoms with van der Waals surface area (Å²) in [4.78, 5) is 24.0. The van der Waals surface area contributed by atoms with Crippen LogP contribution in [0.15, 0.2) is 24.4 Å². The molecule has 4 atom stereocenters. The van der Waals surface area contributed by atoms with Gasteiger partial charge >= 0.3 is 5.97 Å². The minimum Gasteiger partial charge on any atom is -0.481 e. The van der Waals surface area contributed by atoms with Gasteiger partial charge in [0, 0.05) is 6.20 Å². The molecule has 24 heavy (non-hydrogen) atoms. The molecule has 1 amide bonds. The van der Waals surface area contributed by atoms with Crippen molar-refractivity contribution in [3.63, 3.8) is 0 Å². The van der Waals surface area contributed by atoms with Gasteiger partial charge in [0.1, 0.15) is 0 Å². The highest BCUT2D eigenvalue weighted by molar-refractivity contribution is 5.86. The van der Waals surface area contributed by atoms with Gasteiger partial charge in [-0.05, 0) is 37.2 Å². The summed E-state index contributed by atoms with van der Waals surface area (Å²) in [6.07, 6.45) is 11.6. The van der Waals surface area contributed by atoms with E-state index in [0.717, 1.165) is 12.1 Å². The molecule has 128 valence electrons. The molecule has 6 nitrogen and oxygen atoms in total. The summed E-state index contributed by atoms with van der Waals surface area (Å²) in [5.74, 6) is -1.99. The fraction of sp³-hybridized carbons (Fsp3) is 0.611. The number of allylic oxidation sites excluding steroid dienone is 2. The topological polar surface area (TPSA) is 84.2 Å². The third kappa shape index (κ3) is 2.64. The van der Waals surface area contributed by atoms with E-state index in [4.69, 9.17) is 0 Å². The van der Waals surface area contributed by atoms with Gasteiger partial charge in [0.25, 0.3) is 0 Å². The Morgan fingerprint density at radius 1 is 1.21 bits per heavy atom. The Morgan fingerprint density at radius 3 is 2.62 bits per heavy atom. The lowest BCUT2D eigenvalue weighted by Gasteiger charge is -2.23. The van der Waals surface area contributed by atoms with Crippen molar-refractivity contribution < 1.29 is 14.7 Å². The largest absolute Gasteiger partial charge is 0.481 e. The second-order valence-corrected chi connectivity index (χ2v) is 7.28. The maximum Gasteiger partial charge on any atom is 0.307 e. The first kappa shape index (κ1) is 15.4. The average Bonchev–Trinajstić information content (AvgIpc) is 3.35. The summed E-state index contributed by atoms with van der Waals surface area (Å²) < 4.78 is 2.01. The first-order valence-electron chi connectivity index (χ1n) is 8.86. The van der Waals surface area contributed by atoms with Crippen molar-refractivity contribution in [1.29, 1.82) is 0 Å². The van der Waals surface area contributed by atoms with E-state index in [9.17, 15) is 14.7 Å². The Balaban J connectivity index is 1.38. The lowest BCUT2D eigenvalue weighted by atomic mass is 9.82. The normalized spacial score (nSPS) is 31.7. The first-order valence-corrected chi connectivity index (χ1v) is 8.86. The van der Waals surface area contributed by atoms with Crippen molar-refractivity contribution in [1.82, 2.24) is 15.1 Å². The van der Waals surface area contributed by atoms with E-state index < -0.39 is 17.8 Å². The molecule has 1 heterocycles. The number of carboxylic acids is 1. The van der Waals surface area contributed by atoms with Gasteiger partial charge in [0.2, 0.25) is 5.91 Å². The number of aliphatic carboxylic acids is 1. The van der Waals surface area contributed by atoms with Crippen molar-refractivity contribution in [3.8, 4) is 0 Å². The predicted molar refractivity (Wildman–Crippen MR) is 86.9 cm³/mol. The molecule has 0 aromatic carbocycles. The number of nitrogens with one attached hydrogen (secondary N) is 1. The van der Waals surface area contributed by atoms with Crippen molar-refractivity contribution in [3.05, 3.63) is 30.1 Å². The Morgan fingerprint density at radius 2 is 1.92 bits per heavy atom. The maximum atomic E-state index is 12.5. The first-order chi connectivity index (χ1) is 11.6. The quantitative estimate of drug-likeness (QED) is 0.811. The van der Waals surface area contributed by atoms with Gasteiger partial charge in [-0.3, -0.25) is 14.3 Å². The Bertz CT molecular complexity index is 675. The minimum atomic E-state index is -0.863. The number of rotatable bonds is 5. The number of nitrogens with zero attached hydrogens (tertiary/aromatic N) is 2. The molecule has 0 saturated heterocycles. The highest BCUT2D eigenvalue weighted by Gasteiger charge is 2.51. The summed E-state index contributed by atoms with van der Waals surface area (Å²) in [5, 5.41) is 16.9. The van der Waals surface area contributed by atoms with Crippen molar-refractivity contribution in [2.45, 2.75) is 44.7 Å². The van der Waals surface area contributed by atoms with Gasteiger partial charge in [-0.1, -0.05) is 25.0 Å². The van der Waals surface area contributed by atoms with Gasteiger partial charge in [-0.2, -0.15) is 5.10 Å². The molecule has 3 aliphatic carbocycles. The summed E-state index contributed by atoms with van der Waals surface area (Å²) >= 11 is 0. The summed E-state index contributed by atoms with van der Waals surface area (Å²) in [7, 11) is 0. The van der Waals surface area contributed by atoms with Crippen LogP contribution in [0.4, 0.5) is 0 Å². The number of aromatic nitrogens is 2. The van der Waals surface area contributed by atoms with Crippen LogP contribution in [0.3, 0.4) is 0 Å². The monoisotopic (exact) mass is 329 g/mol. The van der Waals surface area contributed by atoms with Gasteiger partial charge < -0.3 is 10.4 Å². The fourth-order valence-corrected chi connectivity index (χ4v) is 4.66. The molecule has 0 radical (unpaired) electrons. The smallest absolute Gasteiger partial charge is 0.307 e. The van der Waals surface area contributed by atoms with E-state index in [0.29, 0.717) is 12.6 Å². The number of carboxylic acid groups (broad SMARTS) is 1. The number of hydrogen-bond donors (Lipinski definition) is 2. The molecular formula is C18H23N3O3. The molecule has 0 spiro atoms. The minimum absolute atomic E-state index is 0.00447. The molecule has 2 saturated carbocycles. The van der Waals surface area contributed by atoms with Crippen LogP contribution in [0.5, 0.6) is 0 Å². The van der Waals surface area contributed by atoms with Gasteiger partial charge in [0.05, 0.1) is 30.1 Å². The molecular weight excluding hydrogens is 306 g/mol. The van der Waals surface area contributed by atoms with E-state index in [1.54, 1.807) is 0 Å². The summed E-state index contributed by atoms with van der Waals surface area (Å²) in [6, 6.07) is 2.43. The molecule has 6 heteroatoms. The van der Waals surface area contributed by atoms with Crippen LogP contribution in [0, 0.1) is 23.7 Å². The lowest BCUT2D eigenvalue weighted by molar-refractivity contribution is -0.147. The Kier molecular flexibility index (Phi) is 3.90. The van der Waals surface area contributed by atoms with Crippen LogP contribution < -0.4 is 5.32 Å². The van der Waals surface area contributed by atoms with Gasteiger partial charge in [-0.25, -0.2) is 0 Å². The van der Waals surface area contributed by atoms with E-state index >= 15 is 0 Å². The highest BCUT2D eigenvalue weighted by atomic mass is 16.4. The van der Waals surface area contributed by atoms with Crippen LogP contribution in [0.1, 0.15) is 43.8 Å². The second-order valence-electron chi connectivity index (χ2n) is 7.28. The molecule has 1 aromatic heterocycles. The van der Waals surface area contributed by atoms with Crippen LogP contribution in [0.25, 0.3) is 0 Å². The maximum absolute atomic E-state index is 12.5. The lowest BCUT2D eigenvalue weighted by Crippen LogP contribution is -2.40. The van der Waals surface area contributed by atoms with E-state index in [-0.39, 0.29) is 17.7 Å². The molecule has 0 aliphatic heterocycles. The van der Waals surface area contributed by atoms with Gasteiger partial charge in [0.15, 0.2) is 0 Å². The molecule has 1 aromatic rings. The zero-order valence-electron chi connectivity index (χ0n) is 13.6. The number of amides is 1. The zero-order chi connectivity index (χ0) is 16.7. The van der Waals surface area contributed by atoms with E-state index in [2.05, 4.69) is 10.4 Å². The van der Waals surface area contributed by atoms with Crippen LogP contribution in [-0.4, -0.2) is 26.8 Å². The molecule has 2 fully saturated rings. The fourth-order valence-electron chi connectivity index (χ4n) is 4.66. The Hall–Kier alpha value is -2.11. The Labute approximate surface area is 140 Å². The van der Waals surface area contributed by atoms with Crippen molar-refractivity contribution >= 4 is 11.9 Å². The zero-order valence-corrected chi connectivity index (χ0v) is 13.6. The van der Waals surface area contributed by atoms with E-state index in [1.165, 1.54) is 25.7 Å². The SMILES string of the molecule is O=C(O)C1C2C=CC(C2)C1C(=O)NCc1ccn(C2CCCC2)n1. The number of fused-ring (bicyclic) bond motifs is 2. The van der Waals surface area contributed by atoms with Gasteiger partial charge in [-0.15, -0.1) is 0 Å². The predicted octanol–water partition coefficient (Wildman–Crippen LogP) is 2.14. The number of hydrogen-bond acceptors (Lipinski definition) is 3. The summed E-state index contributed by atoms with van der Waals surface area (Å²) in [5.41, 5.74) is 0.834. The standard InChI is InChI=1S/C18H23N3O3/c22-17(15-11-5-6-12(9-11)16(15)18(23)24)19-10-13-7-8-21(20-13)14-3-1-2-4-14/h5-8,11-12,14-16H,1-4,9-10H2,(H,19,22)(H,23,24). The van der Waals surface area contributed by atoms with Crippen molar-refractivity contribution in [2.24, 2.45) is 23.7 Å². The van der Waals surface area contributed by atoms with Crippen molar-refractivity contribution in [2.75, 3.05) is 0 Å².